The van der Waals surface area contributed by atoms with Crippen molar-refractivity contribution in [2.45, 2.75) is 6.92 Å². The topological polar surface area (TPSA) is 76.1 Å². The number of nitrogens with one attached hydrogen (secondary N) is 2. The molecule has 0 aliphatic carbocycles. The van der Waals surface area contributed by atoms with Crippen molar-refractivity contribution in [2.75, 3.05) is 17.7 Å². The van der Waals surface area contributed by atoms with Crippen LogP contribution in [0.15, 0.2) is 48.5 Å². The Morgan fingerprint density at radius 3 is 2.56 bits per heavy atom. The maximum absolute atomic E-state index is 13.4. The molecule has 6 nitrogen and oxygen atoms in total. The van der Waals surface area contributed by atoms with E-state index in [0.717, 1.165) is 12.1 Å². The molecule has 1 heterocycles. The standard InChI is InChI=1S/C19H16F2N4O2/c1-11-9-16(18(26)24-15-5-3-4-6-17(15)27-2)25-19(22-11)23-12-7-8-13(20)14(21)10-12/h3-10H,1-2H3,(H,24,26)(H,22,23,25). The molecule has 0 radical (unpaired) electrons. The molecule has 8 heteroatoms. The first kappa shape index (κ1) is 18.2. The van der Waals surface area contributed by atoms with E-state index in [0.29, 0.717) is 17.1 Å². The van der Waals surface area contributed by atoms with E-state index in [4.69, 9.17) is 4.74 Å². The van der Waals surface area contributed by atoms with Crippen LogP contribution in [0.1, 0.15) is 16.2 Å². The minimum absolute atomic E-state index is 0.0891. The summed E-state index contributed by atoms with van der Waals surface area (Å²) in [5, 5.41) is 5.48. The molecule has 0 spiro atoms. The number of aryl methyl sites for hydroxylation is 1. The second kappa shape index (κ2) is 7.77. The van der Waals surface area contributed by atoms with Gasteiger partial charge >= 0.3 is 0 Å². The van der Waals surface area contributed by atoms with Crippen LogP contribution in [0.3, 0.4) is 0 Å². The van der Waals surface area contributed by atoms with Crippen molar-refractivity contribution in [3.8, 4) is 5.75 Å². The molecule has 0 saturated carbocycles. The number of aromatic nitrogens is 2. The van der Waals surface area contributed by atoms with E-state index in [-0.39, 0.29) is 17.3 Å². The number of nitrogens with zero attached hydrogens (tertiary/aromatic N) is 2. The first-order valence-electron chi connectivity index (χ1n) is 7.98. The molecule has 0 bridgehead atoms. The quantitative estimate of drug-likeness (QED) is 0.708. The molecule has 3 aromatic rings. The molecule has 0 aliphatic heterocycles. The fourth-order valence-electron chi connectivity index (χ4n) is 2.38. The molecule has 138 valence electrons. The van der Waals surface area contributed by atoms with Gasteiger partial charge in [0.2, 0.25) is 5.95 Å². The van der Waals surface area contributed by atoms with Crippen molar-refractivity contribution in [3.05, 3.63) is 71.6 Å². The lowest BCUT2D eigenvalue weighted by Crippen LogP contribution is -2.16. The maximum Gasteiger partial charge on any atom is 0.274 e. The highest BCUT2D eigenvalue weighted by Gasteiger charge is 2.13. The number of amides is 1. The zero-order valence-electron chi connectivity index (χ0n) is 14.6. The van der Waals surface area contributed by atoms with Crippen molar-refractivity contribution < 1.29 is 18.3 Å². The van der Waals surface area contributed by atoms with Gasteiger partial charge < -0.3 is 15.4 Å². The Kier molecular flexibility index (Phi) is 5.25. The summed E-state index contributed by atoms with van der Waals surface area (Å²) in [7, 11) is 1.50. The predicted molar refractivity (Wildman–Crippen MR) is 97.4 cm³/mol. The molecule has 27 heavy (non-hydrogen) atoms. The van der Waals surface area contributed by atoms with Gasteiger partial charge in [0.1, 0.15) is 11.4 Å². The van der Waals surface area contributed by atoms with Gasteiger partial charge in [-0.2, -0.15) is 0 Å². The van der Waals surface area contributed by atoms with Crippen molar-refractivity contribution in [1.82, 2.24) is 9.97 Å². The summed E-state index contributed by atoms with van der Waals surface area (Å²) >= 11 is 0. The molecule has 0 atom stereocenters. The van der Waals surface area contributed by atoms with Gasteiger partial charge in [0.05, 0.1) is 12.8 Å². The third kappa shape index (κ3) is 4.35. The smallest absolute Gasteiger partial charge is 0.274 e. The minimum Gasteiger partial charge on any atom is -0.495 e. The van der Waals surface area contributed by atoms with E-state index >= 15 is 0 Å². The Labute approximate surface area is 154 Å². The van der Waals surface area contributed by atoms with Gasteiger partial charge in [-0.1, -0.05) is 12.1 Å². The number of rotatable bonds is 5. The lowest BCUT2D eigenvalue weighted by molar-refractivity contribution is 0.102. The van der Waals surface area contributed by atoms with Gasteiger partial charge in [-0.3, -0.25) is 4.79 Å². The highest BCUT2D eigenvalue weighted by molar-refractivity contribution is 6.03. The average Bonchev–Trinajstić information content (AvgIpc) is 2.64. The Morgan fingerprint density at radius 1 is 1.04 bits per heavy atom. The molecular formula is C19H16F2N4O2. The van der Waals surface area contributed by atoms with Gasteiger partial charge in [-0.15, -0.1) is 0 Å². The Morgan fingerprint density at radius 2 is 1.81 bits per heavy atom. The highest BCUT2D eigenvalue weighted by atomic mass is 19.2. The number of carbonyl (C=O) groups is 1. The van der Waals surface area contributed by atoms with Crippen LogP contribution >= 0.6 is 0 Å². The molecule has 0 saturated heterocycles. The summed E-state index contributed by atoms with van der Waals surface area (Å²) in [6, 6.07) is 11.8. The van der Waals surface area contributed by atoms with Gasteiger partial charge in [0, 0.05) is 17.4 Å². The Hall–Kier alpha value is -3.55. The van der Waals surface area contributed by atoms with Gasteiger partial charge in [-0.25, -0.2) is 18.7 Å². The van der Waals surface area contributed by atoms with Gasteiger partial charge in [-0.05, 0) is 37.3 Å². The molecule has 1 aromatic heterocycles. The lowest BCUT2D eigenvalue weighted by Gasteiger charge is -2.11. The SMILES string of the molecule is COc1ccccc1NC(=O)c1cc(C)nc(Nc2ccc(F)c(F)c2)n1. The van der Waals surface area contributed by atoms with Crippen LogP contribution in [0.2, 0.25) is 0 Å². The van der Waals surface area contributed by atoms with Crippen LogP contribution in [-0.4, -0.2) is 23.0 Å². The number of hydrogen-bond donors (Lipinski definition) is 2. The third-order valence-corrected chi connectivity index (χ3v) is 3.62. The first-order chi connectivity index (χ1) is 13.0. The van der Waals surface area contributed by atoms with Crippen LogP contribution in [-0.2, 0) is 0 Å². The fourth-order valence-corrected chi connectivity index (χ4v) is 2.38. The van der Waals surface area contributed by atoms with Crippen molar-refractivity contribution in [1.29, 1.82) is 0 Å². The van der Waals surface area contributed by atoms with Crippen LogP contribution in [0.25, 0.3) is 0 Å². The van der Waals surface area contributed by atoms with E-state index in [9.17, 15) is 13.6 Å². The summed E-state index contributed by atoms with van der Waals surface area (Å²) in [6.07, 6.45) is 0. The number of ether oxygens (including phenoxy) is 1. The number of methoxy groups -OCH3 is 1. The minimum atomic E-state index is -0.998. The number of hydrogen-bond acceptors (Lipinski definition) is 5. The van der Waals surface area contributed by atoms with Crippen molar-refractivity contribution in [2.24, 2.45) is 0 Å². The summed E-state index contributed by atoms with van der Waals surface area (Å²) in [5.41, 5.74) is 1.39. The molecule has 0 unspecified atom stereocenters. The largest absolute Gasteiger partial charge is 0.495 e. The Bertz CT molecular complexity index is 995. The van der Waals surface area contributed by atoms with Crippen molar-refractivity contribution >= 4 is 23.2 Å². The van der Waals surface area contributed by atoms with Crippen LogP contribution in [0.5, 0.6) is 5.75 Å². The normalized spacial score (nSPS) is 10.4. The number of anilines is 3. The summed E-state index contributed by atoms with van der Waals surface area (Å²) in [6.45, 7) is 1.69. The van der Waals surface area contributed by atoms with E-state index in [1.807, 2.05) is 0 Å². The zero-order valence-corrected chi connectivity index (χ0v) is 14.6. The van der Waals surface area contributed by atoms with Gasteiger partial charge in [0.15, 0.2) is 11.6 Å². The number of para-hydroxylation sites is 2. The van der Waals surface area contributed by atoms with Crippen LogP contribution < -0.4 is 15.4 Å². The fraction of sp³-hybridized carbons (Fsp3) is 0.105. The average molecular weight is 370 g/mol. The Balaban J connectivity index is 1.84. The number of carbonyl (C=O) groups excluding carboxylic acids is 1. The molecule has 0 fully saturated rings. The number of halogens is 2. The third-order valence-electron chi connectivity index (χ3n) is 3.62. The van der Waals surface area contributed by atoms with E-state index in [2.05, 4.69) is 20.6 Å². The van der Waals surface area contributed by atoms with Crippen molar-refractivity contribution in [3.63, 3.8) is 0 Å². The van der Waals surface area contributed by atoms with Crippen LogP contribution in [0.4, 0.5) is 26.1 Å². The monoisotopic (exact) mass is 370 g/mol. The maximum atomic E-state index is 13.4. The predicted octanol–water partition coefficient (Wildman–Crippen LogP) is 4.07. The number of benzene rings is 2. The summed E-state index contributed by atoms with van der Waals surface area (Å²) in [4.78, 5) is 20.8. The first-order valence-corrected chi connectivity index (χ1v) is 7.98. The summed E-state index contributed by atoms with van der Waals surface area (Å²) in [5.74, 6) is -1.81. The molecule has 0 aliphatic rings. The van der Waals surface area contributed by atoms with Gasteiger partial charge in [0.25, 0.3) is 5.91 Å². The van der Waals surface area contributed by atoms with E-state index < -0.39 is 17.5 Å². The lowest BCUT2D eigenvalue weighted by atomic mass is 10.2. The van der Waals surface area contributed by atoms with E-state index in [1.165, 1.54) is 19.2 Å². The second-order valence-electron chi connectivity index (χ2n) is 5.63. The summed E-state index contributed by atoms with van der Waals surface area (Å²) < 4.78 is 31.6. The highest BCUT2D eigenvalue weighted by Crippen LogP contribution is 2.24. The molecular weight excluding hydrogens is 354 g/mol. The zero-order chi connectivity index (χ0) is 19.4. The van der Waals surface area contributed by atoms with E-state index in [1.54, 1.807) is 31.2 Å². The molecule has 3 rings (SSSR count). The van der Waals surface area contributed by atoms with Crippen LogP contribution in [0, 0.1) is 18.6 Å². The molecule has 2 N–H and O–H groups in total. The second-order valence-corrected chi connectivity index (χ2v) is 5.63. The molecule has 2 aromatic carbocycles. The molecule has 1 amide bonds.